The third-order valence-electron chi connectivity index (χ3n) is 3.01. The van der Waals surface area contributed by atoms with Gasteiger partial charge in [0.1, 0.15) is 11.5 Å². The number of carbonyl (C=O) groups excluding carboxylic acids is 1. The molecule has 1 amide bonds. The van der Waals surface area contributed by atoms with Gasteiger partial charge in [0.25, 0.3) is 5.91 Å². The van der Waals surface area contributed by atoms with Crippen molar-refractivity contribution >= 4 is 5.91 Å². The third kappa shape index (κ3) is 3.00. The first-order valence-electron chi connectivity index (χ1n) is 5.77. The van der Waals surface area contributed by atoms with Crippen molar-refractivity contribution < 1.29 is 14.3 Å². The van der Waals surface area contributed by atoms with Crippen LogP contribution in [0.3, 0.4) is 0 Å². The van der Waals surface area contributed by atoms with Crippen LogP contribution in [0.5, 0.6) is 0 Å². The molecular formula is C12H15FN2O2. The maximum absolute atomic E-state index is 12.6. The number of hydrogen-bond acceptors (Lipinski definition) is 3. The van der Waals surface area contributed by atoms with E-state index in [9.17, 15) is 14.3 Å². The van der Waals surface area contributed by atoms with Gasteiger partial charge in [-0.25, -0.2) is 9.37 Å². The van der Waals surface area contributed by atoms with Gasteiger partial charge in [0.15, 0.2) is 0 Å². The average Bonchev–Trinajstić information content (AvgIpc) is 2.33. The number of aliphatic hydroxyl groups excluding tert-OH is 1. The summed E-state index contributed by atoms with van der Waals surface area (Å²) in [6.45, 7) is 0. The van der Waals surface area contributed by atoms with Gasteiger partial charge in [-0.15, -0.1) is 0 Å². The summed E-state index contributed by atoms with van der Waals surface area (Å²) in [5, 5.41) is 12.4. The van der Waals surface area contributed by atoms with Gasteiger partial charge in [0, 0.05) is 0 Å². The number of pyridine rings is 1. The zero-order valence-electron chi connectivity index (χ0n) is 9.40. The molecule has 2 N–H and O–H groups in total. The monoisotopic (exact) mass is 238 g/mol. The maximum atomic E-state index is 12.6. The second kappa shape index (κ2) is 5.23. The normalized spacial score (nSPS) is 24.4. The number of halogens is 1. The zero-order valence-corrected chi connectivity index (χ0v) is 9.40. The van der Waals surface area contributed by atoms with Crippen LogP contribution in [-0.2, 0) is 0 Å². The van der Waals surface area contributed by atoms with Gasteiger partial charge >= 0.3 is 0 Å². The molecule has 92 valence electrons. The molecule has 1 aliphatic rings. The number of nitrogens with one attached hydrogen (secondary N) is 1. The second-order valence-corrected chi connectivity index (χ2v) is 4.29. The highest BCUT2D eigenvalue weighted by molar-refractivity contribution is 5.92. The lowest BCUT2D eigenvalue weighted by Gasteiger charge is -2.28. The first kappa shape index (κ1) is 12.0. The molecule has 4 nitrogen and oxygen atoms in total. The summed E-state index contributed by atoms with van der Waals surface area (Å²) in [6.07, 6.45) is 3.98. The lowest BCUT2D eigenvalue weighted by Crippen LogP contribution is -2.45. The Morgan fingerprint density at radius 3 is 2.82 bits per heavy atom. The highest BCUT2D eigenvalue weighted by atomic mass is 19.1. The topological polar surface area (TPSA) is 62.2 Å². The number of hydrogen-bond donors (Lipinski definition) is 2. The first-order valence-corrected chi connectivity index (χ1v) is 5.77. The second-order valence-electron chi connectivity index (χ2n) is 4.29. The summed E-state index contributed by atoms with van der Waals surface area (Å²) in [5.74, 6) is -0.838. The van der Waals surface area contributed by atoms with E-state index in [1.54, 1.807) is 0 Å². The summed E-state index contributed by atoms with van der Waals surface area (Å²) in [6, 6.07) is 2.31. The number of rotatable bonds is 2. The summed E-state index contributed by atoms with van der Waals surface area (Å²) < 4.78 is 12.6. The predicted octanol–water partition coefficient (Wildman–Crippen LogP) is 1.25. The number of nitrogens with zero attached hydrogens (tertiary/aromatic N) is 1. The molecule has 1 aromatic rings. The molecule has 1 saturated carbocycles. The molecular weight excluding hydrogens is 223 g/mol. The van der Waals surface area contributed by atoms with Crippen LogP contribution in [0.25, 0.3) is 0 Å². The van der Waals surface area contributed by atoms with Crippen LogP contribution in [0.2, 0.25) is 0 Å². The molecule has 17 heavy (non-hydrogen) atoms. The molecule has 1 aliphatic carbocycles. The van der Waals surface area contributed by atoms with Gasteiger partial charge in [-0.2, -0.15) is 0 Å². The third-order valence-corrected chi connectivity index (χ3v) is 3.01. The van der Waals surface area contributed by atoms with Gasteiger partial charge in [-0.3, -0.25) is 4.79 Å². The fraction of sp³-hybridized carbons (Fsp3) is 0.500. The fourth-order valence-corrected chi connectivity index (χ4v) is 2.03. The standard InChI is InChI=1S/C12H15FN2O2/c13-8-5-6-10(14-7-8)12(17)15-9-3-1-2-4-11(9)16/h5-7,9,11,16H,1-4H2,(H,15,17). The molecule has 1 heterocycles. The molecule has 1 fully saturated rings. The molecule has 0 radical (unpaired) electrons. The minimum absolute atomic E-state index is 0.171. The van der Waals surface area contributed by atoms with Crippen molar-refractivity contribution in [1.82, 2.24) is 10.3 Å². The first-order chi connectivity index (χ1) is 8.16. The number of amides is 1. The lowest BCUT2D eigenvalue weighted by molar-refractivity contribution is 0.0713. The fourth-order valence-electron chi connectivity index (χ4n) is 2.03. The molecule has 0 aliphatic heterocycles. The summed E-state index contributed by atoms with van der Waals surface area (Å²) in [7, 11) is 0. The molecule has 0 aromatic carbocycles. The molecule has 0 spiro atoms. The van der Waals surface area contributed by atoms with Gasteiger partial charge < -0.3 is 10.4 Å². The predicted molar refractivity (Wildman–Crippen MR) is 59.9 cm³/mol. The highest BCUT2D eigenvalue weighted by Gasteiger charge is 2.25. The van der Waals surface area contributed by atoms with E-state index >= 15 is 0 Å². The van der Waals surface area contributed by atoms with Crippen LogP contribution in [0.4, 0.5) is 4.39 Å². The molecule has 2 rings (SSSR count). The Balaban J connectivity index is 1.98. The van der Waals surface area contributed by atoms with E-state index in [2.05, 4.69) is 10.3 Å². The van der Waals surface area contributed by atoms with Gasteiger partial charge in [-0.05, 0) is 25.0 Å². The summed E-state index contributed by atoms with van der Waals surface area (Å²) >= 11 is 0. The van der Waals surface area contributed by atoms with Gasteiger partial charge in [-0.1, -0.05) is 12.8 Å². The zero-order chi connectivity index (χ0) is 12.3. The van der Waals surface area contributed by atoms with Crippen molar-refractivity contribution in [2.24, 2.45) is 0 Å². The average molecular weight is 238 g/mol. The molecule has 0 saturated heterocycles. The quantitative estimate of drug-likeness (QED) is 0.815. The van der Waals surface area contributed by atoms with Crippen LogP contribution in [0.1, 0.15) is 36.2 Å². The van der Waals surface area contributed by atoms with Crippen molar-refractivity contribution in [2.45, 2.75) is 37.8 Å². The summed E-state index contributed by atoms with van der Waals surface area (Å²) in [4.78, 5) is 15.5. The Morgan fingerprint density at radius 1 is 1.41 bits per heavy atom. The SMILES string of the molecule is O=C(NC1CCCCC1O)c1ccc(F)cn1. The Morgan fingerprint density at radius 2 is 2.18 bits per heavy atom. The summed E-state index contributed by atoms with van der Waals surface area (Å²) in [5.41, 5.74) is 0.171. The largest absolute Gasteiger partial charge is 0.391 e. The van der Waals surface area contributed by atoms with Crippen LogP contribution in [0, 0.1) is 5.82 Å². The molecule has 2 unspecified atom stereocenters. The van der Waals surface area contributed by atoms with Gasteiger partial charge in [0.05, 0.1) is 18.3 Å². The van der Waals surface area contributed by atoms with Crippen LogP contribution in [-0.4, -0.2) is 28.1 Å². The minimum Gasteiger partial charge on any atom is -0.391 e. The Labute approximate surface area is 98.9 Å². The lowest BCUT2D eigenvalue weighted by atomic mass is 9.92. The molecule has 2 atom stereocenters. The van der Waals surface area contributed by atoms with Crippen molar-refractivity contribution in [1.29, 1.82) is 0 Å². The highest BCUT2D eigenvalue weighted by Crippen LogP contribution is 2.18. The van der Waals surface area contributed by atoms with E-state index < -0.39 is 11.9 Å². The van der Waals surface area contributed by atoms with Gasteiger partial charge in [0.2, 0.25) is 0 Å². The van der Waals surface area contributed by atoms with Crippen molar-refractivity contribution in [2.75, 3.05) is 0 Å². The van der Waals surface area contributed by atoms with E-state index in [-0.39, 0.29) is 17.6 Å². The molecule has 1 aromatic heterocycles. The van der Waals surface area contributed by atoms with Crippen LogP contribution < -0.4 is 5.32 Å². The number of aliphatic hydroxyl groups is 1. The van der Waals surface area contributed by atoms with Crippen molar-refractivity contribution in [3.63, 3.8) is 0 Å². The van der Waals surface area contributed by atoms with Crippen molar-refractivity contribution in [3.8, 4) is 0 Å². The van der Waals surface area contributed by atoms with E-state index in [1.165, 1.54) is 12.1 Å². The smallest absolute Gasteiger partial charge is 0.270 e. The number of aromatic nitrogens is 1. The van der Waals surface area contributed by atoms with E-state index in [1.807, 2.05) is 0 Å². The molecule has 0 bridgehead atoms. The Bertz CT molecular complexity index is 394. The van der Waals surface area contributed by atoms with Crippen LogP contribution >= 0.6 is 0 Å². The van der Waals surface area contributed by atoms with Crippen LogP contribution in [0.15, 0.2) is 18.3 Å². The van der Waals surface area contributed by atoms with E-state index in [0.29, 0.717) is 6.42 Å². The Kier molecular flexibility index (Phi) is 3.68. The van der Waals surface area contributed by atoms with E-state index in [0.717, 1.165) is 25.5 Å². The van der Waals surface area contributed by atoms with E-state index in [4.69, 9.17) is 0 Å². The maximum Gasteiger partial charge on any atom is 0.270 e. The Hall–Kier alpha value is -1.49. The molecule has 5 heteroatoms. The van der Waals surface area contributed by atoms with Crippen molar-refractivity contribution in [3.05, 3.63) is 29.8 Å². The number of carbonyl (C=O) groups is 1. The minimum atomic E-state index is -0.492.